The van der Waals surface area contributed by atoms with E-state index in [4.69, 9.17) is 0 Å². The van der Waals surface area contributed by atoms with Gasteiger partial charge in [-0.2, -0.15) is 0 Å². The first-order valence-electron chi connectivity index (χ1n) is 5.60. The predicted octanol–water partition coefficient (Wildman–Crippen LogP) is -1.16. The Morgan fingerprint density at radius 1 is 0.889 bits per heavy atom. The Bertz CT molecular complexity index is 509. The van der Waals surface area contributed by atoms with Gasteiger partial charge in [0.1, 0.15) is 0 Å². The molecular weight excluding hydrogens is 251 g/mol. The minimum absolute atomic E-state index is 0. The average molecular weight is 264 g/mol. The summed E-state index contributed by atoms with van der Waals surface area (Å²) in [6.45, 7) is 0. The molecule has 0 heterocycles. The molecule has 3 heteroatoms. The Balaban J connectivity index is 0.00000162. The molecule has 0 saturated carbocycles. The number of rotatable bonds is 4. The van der Waals surface area contributed by atoms with Crippen molar-refractivity contribution in [2.45, 2.75) is 12.8 Å². The topological polar surface area (TPSA) is 40.1 Å². The second kappa shape index (κ2) is 7.87. The number of aryl methyl sites for hydroxylation is 2. The summed E-state index contributed by atoms with van der Waals surface area (Å²) in [6, 6.07) is 17.0. The molecule has 0 unspecified atom stereocenters. The molecule has 0 radical (unpaired) electrons. The van der Waals surface area contributed by atoms with Crippen LogP contribution in [0.15, 0.2) is 54.6 Å². The number of aromatic carboxylic acids is 1. The van der Waals surface area contributed by atoms with Gasteiger partial charge in [-0.05, 0) is 24.0 Å². The van der Waals surface area contributed by atoms with Crippen molar-refractivity contribution in [2.24, 2.45) is 0 Å². The zero-order valence-electron chi connectivity index (χ0n) is 10.4. The van der Waals surface area contributed by atoms with Gasteiger partial charge in [0.15, 0.2) is 0 Å². The molecule has 0 atom stereocenters. The number of carboxylic acids is 1. The van der Waals surface area contributed by atoms with Crippen molar-refractivity contribution < 1.29 is 61.3 Å². The molecule has 0 fully saturated rings. The van der Waals surface area contributed by atoms with Crippen LogP contribution in [0.4, 0.5) is 0 Å². The van der Waals surface area contributed by atoms with Gasteiger partial charge in [-0.15, -0.1) is 0 Å². The maximum atomic E-state index is 10.9. The molecular formula is C15H13KO2. The molecule has 2 aromatic rings. The Morgan fingerprint density at radius 3 is 2.17 bits per heavy atom. The smallest absolute Gasteiger partial charge is 0.545 e. The van der Waals surface area contributed by atoms with Crippen molar-refractivity contribution >= 4 is 5.97 Å². The summed E-state index contributed by atoms with van der Waals surface area (Å²) in [5, 5.41) is 10.9. The van der Waals surface area contributed by atoms with E-state index >= 15 is 0 Å². The van der Waals surface area contributed by atoms with E-state index in [1.807, 2.05) is 42.5 Å². The number of carbonyl (C=O) groups is 1. The Labute approximate surface area is 149 Å². The fraction of sp³-hybridized carbons (Fsp3) is 0.133. The normalized spacial score (nSPS) is 9.56. The second-order valence-corrected chi connectivity index (χ2v) is 3.93. The third kappa shape index (κ3) is 4.34. The van der Waals surface area contributed by atoms with Crippen LogP contribution in [0.2, 0.25) is 0 Å². The van der Waals surface area contributed by atoms with E-state index in [-0.39, 0.29) is 51.4 Å². The van der Waals surface area contributed by atoms with Crippen molar-refractivity contribution in [1.29, 1.82) is 0 Å². The van der Waals surface area contributed by atoms with E-state index in [9.17, 15) is 9.90 Å². The van der Waals surface area contributed by atoms with Gasteiger partial charge in [-0.1, -0.05) is 54.6 Å². The summed E-state index contributed by atoms with van der Waals surface area (Å²) in [6.07, 6.45) is 1.55. The Kier molecular flexibility index (Phi) is 6.82. The van der Waals surface area contributed by atoms with Gasteiger partial charge in [-0.3, -0.25) is 0 Å². The number of carbonyl (C=O) groups excluding carboxylic acids is 1. The van der Waals surface area contributed by atoms with Gasteiger partial charge in [0, 0.05) is 5.56 Å². The second-order valence-electron chi connectivity index (χ2n) is 3.93. The average Bonchev–Trinajstić information content (AvgIpc) is 2.38. The maximum Gasteiger partial charge on any atom is 1.00 e. The summed E-state index contributed by atoms with van der Waals surface area (Å²) >= 11 is 0. The Morgan fingerprint density at radius 2 is 1.50 bits per heavy atom. The molecule has 0 aliphatic rings. The van der Waals surface area contributed by atoms with Crippen molar-refractivity contribution in [1.82, 2.24) is 0 Å². The summed E-state index contributed by atoms with van der Waals surface area (Å²) in [7, 11) is 0. The van der Waals surface area contributed by atoms with Gasteiger partial charge < -0.3 is 9.90 Å². The number of benzene rings is 2. The van der Waals surface area contributed by atoms with Crippen LogP contribution in [0.1, 0.15) is 21.5 Å². The molecule has 0 N–H and O–H groups in total. The monoisotopic (exact) mass is 264 g/mol. The van der Waals surface area contributed by atoms with Crippen LogP contribution >= 0.6 is 0 Å². The molecule has 0 saturated heterocycles. The third-order valence-electron chi connectivity index (χ3n) is 2.76. The van der Waals surface area contributed by atoms with E-state index in [2.05, 4.69) is 0 Å². The standard InChI is InChI=1S/C15H14O2.K/c16-15(17)14-9-5-4-8-13(14)11-10-12-6-2-1-3-7-12;/h1-9H,10-11H2,(H,16,17);/q;+1/p-1. The fourth-order valence-electron chi connectivity index (χ4n) is 1.86. The van der Waals surface area contributed by atoms with E-state index < -0.39 is 5.97 Å². The molecule has 0 aromatic heterocycles. The Hall–Kier alpha value is -0.454. The minimum Gasteiger partial charge on any atom is -0.545 e. The van der Waals surface area contributed by atoms with Gasteiger partial charge in [0.25, 0.3) is 0 Å². The molecule has 0 amide bonds. The van der Waals surface area contributed by atoms with Crippen LogP contribution in [0.25, 0.3) is 0 Å². The predicted molar refractivity (Wildman–Crippen MR) is 64.6 cm³/mol. The van der Waals surface area contributed by atoms with Crippen LogP contribution < -0.4 is 56.5 Å². The first-order chi connectivity index (χ1) is 8.27. The molecule has 2 nitrogen and oxygen atoms in total. The van der Waals surface area contributed by atoms with Crippen LogP contribution in [0, 0.1) is 0 Å². The van der Waals surface area contributed by atoms with Crippen molar-refractivity contribution in [3.05, 3.63) is 71.3 Å². The number of carboxylic acid groups (broad SMARTS) is 1. The van der Waals surface area contributed by atoms with Crippen molar-refractivity contribution in [2.75, 3.05) is 0 Å². The molecule has 2 aromatic carbocycles. The summed E-state index contributed by atoms with van der Waals surface area (Å²) in [4.78, 5) is 10.9. The van der Waals surface area contributed by atoms with Crippen molar-refractivity contribution in [3.8, 4) is 0 Å². The maximum absolute atomic E-state index is 10.9. The number of hydrogen-bond donors (Lipinski definition) is 0. The van der Waals surface area contributed by atoms with E-state index in [1.165, 1.54) is 5.56 Å². The largest absolute Gasteiger partial charge is 1.00 e. The van der Waals surface area contributed by atoms with Gasteiger partial charge in [0.05, 0.1) is 5.97 Å². The number of hydrogen-bond acceptors (Lipinski definition) is 2. The third-order valence-corrected chi connectivity index (χ3v) is 2.76. The minimum atomic E-state index is -1.10. The summed E-state index contributed by atoms with van der Waals surface area (Å²) < 4.78 is 0. The molecule has 86 valence electrons. The summed E-state index contributed by atoms with van der Waals surface area (Å²) in [5.74, 6) is -1.10. The van der Waals surface area contributed by atoms with Gasteiger partial charge in [-0.25, -0.2) is 0 Å². The van der Waals surface area contributed by atoms with E-state index in [1.54, 1.807) is 12.1 Å². The van der Waals surface area contributed by atoms with E-state index in [0.717, 1.165) is 12.0 Å². The molecule has 0 aliphatic carbocycles. The molecule has 0 spiro atoms. The first-order valence-corrected chi connectivity index (χ1v) is 5.60. The van der Waals surface area contributed by atoms with Crippen molar-refractivity contribution in [3.63, 3.8) is 0 Å². The van der Waals surface area contributed by atoms with E-state index in [0.29, 0.717) is 12.0 Å². The molecule has 0 bridgehead atoms. The summed E-state index contributed by atoms with van der Waals surface area (Å²) in [5.41, 5.74) is 2.33. The molecule has 0 aliphatic heterocycles. The van der Waals surface area contributed by atoms with Gasteiger partial charge in [0.2, 0.25) is 0 Å². The van der Waals surface area contributed by atoms with Crippen LogP contribution in [-0.2, 0) is 12.8 Å². The van der Waals surface area contributed by atoms with Crippen LogP contribution in [0.5, 0.6) is 0 Å². The SMILES string of the molecule is O=C([O-])c1ccccc1CCc1ccccc1.[K+]. The fourth-order valence-corrected chi connectivity index (χ4v) is 1.86. The molecule has 2 rings (SSSR count). The quantitative estimate of drug-likeness (QED) is 0.654. The first kappa shape index (κ1) is 15.6. The zero-order valence-corrected chi connectivity index (χ0v) is 13.5. The zero-order chi connectivity index (χ0) is 12.1. The molecule has 18 heavy (non-hydrogen) atoms. The van der Waals surface area contributed by atoms with Crippen LogP contribution in [-0.4, -0.2) is 5.97 Å². The van der Waals surface area contributed by atoms with Gasteiger partial charge >= 0.3 is 51.4 Å². The van der Waals surface area contributed by atoms with Crippen LogP contribution in [0.3, 0.4) is 0 Å².